The van der Waals surface area contributed by atoms with Crippen molar-refractivity contribution in [2.24, 2.45) is 0 Å². The van der Waals surface area contributed by atoms with Gasteiger partial charge in [-0.05, 0) is 62.3 Å². The minimum absolute atomic E-state index is 0.215. The Kier molecular flexibility index (Phi) is 6.85. The number of fused-ring (bicyclic) bond motifs is 6. The molecule has 1 aliphatic heterocycles. The Hall–Kier alpha value is -6.78. The van der Waals surface area contributed by atoms with Crippen LogP contribution in [-0.2, 0) is 0 Å². The van der Waals surface area contributed by atoms with Crippen molar-refractivity contribution in [3.63, 3.8) is 0 Å². The van der Waals surface area contributed by atoms with Gasteiger partial charge in [-0.25, -0.2) is 9.97 Å². The van der Waals surface area contributed by atoms with Gasteiger partial charge in [0.1, 0.15) is 0 Å². The number of nitrogens with zero attached hydrogens (tertiary/aromatic N) is 2. The highest BCUT2D eigenvalue weighted by Crippen LogP contribution is 2.46. The van der Waals surface area contributed by atoms with Crippen LogP contribution in [-0.4, -0.2) is 9.97 Å². The summed E-state index contributed by atoms with van der Waals surface area (Å²) in [4.78, 5) is 10.3. The summed E-state index contributed by atoms with van der Waals surface area (Å²) in [5.74, 6) is 1.61. The summed E-state index contributed by atoms with van der Waals surface area (Å²) in [6.07, 6.45) is -0.215. The fraction of sp³-hybridized carbons (Fsp3) is 0.0213. The Morgan fingerprint density at radius 2 is 1.04 bits per heavy atom. The van der Waals surface area contributed by atoms with E-state index in [2.05, 4.69) is 151 Å². The number of benzene rings is 8. The number of nitrogens with one attached hydrogen (secondary N) is 1. The van der Waals surface area contributed by atoms with Crippen molar-refractivity contribution in [2.75, 3.05) is 5.32 Å². The molecule has 9 aromatic rings. The molecule has 0 amide bonds. The molecule has 0 fully saturated rings. The summed E-state index contributed by atoms with van der Waals surface area (Å²) in [7, 11) is 0. The second kappa shape index (κ2) is 12.0. The summed E-state index contributed by atoms with van der Waals surface area (Å²) in [6.45, 7) is 0. The Bertz CT molecular complexity index is 2690. The molecule has 51 heavy (non-hydrogen) atoms. The van der Waals surface area contributed by atoms with Gasteiger partial charge in [0.25, 0.3) is 0 Å². The summed E-state index contributed by atoms with van der Waals surface area (Å²) in [5.41, 5.74) is 9.36. The first-order valence-corrected chi connectivity index (χ1v) is 17.3. The summed E-state index contributed by atoms with van der Waals surface area (Å²) in [5, 5.41) is 10.5. The van der Waals surface area contributed by atoms with Gasteiger partial charge in [-0.1, -0.05) is 152 Å². The summed E-state index contributed by atoms with van der Waals surface area (Å²) in [6, 6.07) is 61.5. The van der Waals surface area contributed by atoms with E-state index in [0.717, 1.165) is 72.2 Å². The van der Waals surface area contributed by atoms with Gasteiger partial charge >= 0.3 is 0 Å². The highest BCUT2D eigenvalue weighted by Gasteiger charge is 2.26. The molecule has 0 radical (unpaired) electrons. The third kappa shape index (κ3) is 5.08. The highest BCUT2D eigenvalue weighted by atomic mass is 16.5. The van der Waals surface area contributed by atoms with Gasteiger partial charge < -0.3 is 10.1 Å². The van der Waals surface area contributed by atoms with E-state index in [-0.39, 0.29) is 6.23 Å². The van der Waals surface area contributed by atoms with E-state index in [9.17, 15) is 0 Å². The highest BCUT2D eigenvalue weighted by molar-refractivity contribution is 6.14. The molecule has 0 aliphatic carbocycles. The molecule has 1 aliphatic rings. The maximum atomic E-state index is 6.59. The average Bonchev–Trinajstić information content (AvgIpc) is 3.66. The molecule has 0 bridgehead atoms. The van der Waals surface area contributed by atoms with Crippen LogP contribution >= 0.6 is 0 Å². The van der Waals surface area contributed by atoms with Gasteiger partial charge in [-0.2, -0.15) is 0 Å². The van der Waals surface area contributed by atoms with Crippen molar-refractivity contribution in [1.29, 1.82) is 0 Å². The van der Waals surface area contributed by atoms with Crippen molar-refractivity contribution in [3.05, 3.63) is 181 Å². The molecule has 1 aromatic heterocycles. The number of rotatable bonds is 5. The second-order valence-corrected chi connectivity index (χ2v) is 13.0. The smallest absolute Gasteiger partial charge is 0.196 e. The molecule has 0 saturated carbocycles. The predicted molar refractivity (Wildman–Crippen MR) is 210 cm³/mol. The van der Waals surface area contributed by atoms with E-state index in [1.807, 2.05) is 30.3 Å². The lowest BCUT2D eigenvalue weighted by molar-refractivity contribution is 0.263. The SMILES string of the molecule is c1ccc(-c2cc(-c3ccccc3)nc(-c3ccc(-c4ccc5c(ccc6ccc7c(c65)OC(c5ccccc5)N7)c4)c4ccccc34)n2)cc1. The van der Waals surface area contributed by atoms with Crippen molar-refractivity contribution in [1.82, 2.24) is 9.97 Å². The standard InChI is InChI=1S/C47H31N3O/c1-4-12-30(13-5-1)42-29-43(31-14-6-2-7-15-31)49-46(48-42)40-26-25-36(38-18-10-11-19-39(38)40)34-22-24-37-35(28-34)21-20-32-23-27-41-45(44(32)37)51-47(50-41)33-16-8-3-9-17-33/h1-29,47,50H. The number of anilines is 1. The molecule has 0 saturated heterocycles. The minimum Gasteiger partial charge on any atom is -0.464 e. The molecule has 10 rings (SSSR count). The van der Waals surface area contributed by atoms with E-state index in [1.165, 1.54) is 16.3 Å². The largest absolute Gasteiger partial charge is 0.464 e. The lowest BCUT2D eigenvalue weighted by atomic mass is 9.92. The van der Waals surface area contributed by atoms with Gasteiger partial charge in [-0.15, -0.1) is 0 Å². The van der Waals surface area contributed by atoms with Crippen molar-refractivity contribution >= 4 is 38.0 Å². The molecular weight excluding hydrogens is 623 g/mol. The maximum absolute atomic E-state index is 6.59. The van der Waals surface area contributed by atoms with Crippen LogP contribution in [0, 0.1) is 0 Å². The first kappa shape index (κ1) is 29.2. The van der Waals surface area contributed by atoms with E-state index in [1.54, 1.807) is 0 Å². The molecule has 1 unspecified atom stereocenters. The van der Waals surface area contributed by atoms with E-state index < -0.39 is 0 Å². The third-order valence-electron chi connectivity index (χ3n) is 9.92. The number of ether oxygens (including phenoxy) is 1. The molecule has 1 atom stereocenters. The fourth-order valence-electron chi connectivity index (χ4n) is 7.42. The Morgan fingerprint density at radius 3 is 1.75 bits per heavy atom. The van der Waals surface area contributed by atoms with Crippen LogP contribution in [0.2, 0.25) is 0 Å². The van der Waals surface area contributed by atoms with Crippen LogP contribution < -0.4 is 10.1 Å². The average molecular weight is 654 g/mol. The van der Waals surface area contributed by atoms with Crippen LogP contribution in [0.3, 0.4) is 0 Å². The minimum atomic E-state index is -0.215. The molecule has 0 spiro atoms. The third-order valence-corrected chi connectivity index (χ3v) is 9.92. The van der Waals surface area contributed by atoms with Crippen molar-refractivity contribution in [3.8, 4) is 50.8 Å². The molecule has 240 valence electrons. The van der Waals surface area contributed by atoms with E-state index in [4.69, 9.17) is 14.7 Å². The second-order valence-electron chi connectivity index (χ2n) is 13.0. The van der Waals surface area contributed by atoms with Gasteiger partial charge in [0, 0.05) is 27.6 Å². The lowest BCUT2D eigenvalue weighted by Gasteiger charge is -2.15. The van der Waals surface area contributed by atoms with Crippen LogP contribution in [0.25, 0.3) is 77.3 Å². The van der Waals surface area contributed by atoms with E-state index >= 15 is 0 Å². The monoisotopic (exact) mass is 653 g/mol. The molecular formula is C47H31N3O. The zero-order valence-corrected chi connectivity index (χ0v) is 27.6. The zero-order valence-electron chi connectivity index (χ0n) is 27.6. The van der Waals surface area contributed by atoms with Crippen molar-refractivity contribution in [2.45, 2.75) is 6.23 Å². The predicted octanol–water partition coefficient (Wildman–Crippen LogP) is 12.1. The number of hydrogen-bond donors (Lipinski definition) is 1. The van der Waals surface area contributed by atoms with Crippen LogP contribution in [0.1, 0.15) is 11.8 Å². The van der Waals surface area contributed by atoms with Gasteiger partial charge in [0.2, 0.25) is 0 Å². The van der Waals surface area contributed by atoms with Gasteiger partial charge in [0.15, 0.2) is 17.8 Å². The molecule has 4 heteroatoms. The van der Waals surface area contributed by atoms with Crippen LogP contribution in [0.15, 0.2) is 176 Å². The first-order valence-electron chi connectivity index (χ1n) is 17.3. The first-order chi connectivity index (χ1) is 25.3. The molecule has 1 N–H and O–H groups in total. The topological polar surface area (TPSA) is 47.0 Å². The zero-order chi connectivity index (χ0) is 33.7. The normalized spacial score (nSPS) is 13.6. The lowest BCUT2D eigenvalue weighted by Crippen LogP contribution is -2.09. The fourth-order valence-corrected chi connectivity index (χ4v) is 7.42. The van der Waals surface area contributed by atoms with Gasteiger partial charge in [-0.3, -0.25) is 0 Å². The van der Waals surface area contributed by atoms with Crippen LogP contribution in [0.4, 0.5) is 5.69 Å². The Balaban J connectivity index is 1.09. The van der Waals surface area contributed by atoms with Crippen LogP contribution in [0.5, 0.6) is 5.75 Å². The summed E-state index contributed by atoms with van der Waals surface area (Å²) >= 11 is 0. The van der Waals surface area contributed by atoms with Gasteiger partial charge in [0.05, 0.1) is 17.1 Å². The molecule has 2 heterocycles. The number of aromatic nitrogens is 2. The number of hydrogen-bond acceptors (Lipinski definition) is 4. The van der Waals surface area contributed by atoms with Crippen molar-refractivity contribution < 1.29 is 4.74 Å². The molecule has 4 nitrogen and oxygen atoms in total. The Labute approximate surface area is 295 Å². The maximum Gasteiger partial charge on any atom is 0.196 e. The quantitative estimate of drug-likeness (QED) is 0.188. The molecule has 8 aromatic carbocycles. The van der Waals surface area contributed by atoms with E-state index in [0.29, 0.717) is 5.82 Å². The summed E-state index contributed by atoms with van der Waals surface area (Å²) < 4.78 is 6.59. The Morgan fingerprint density at radius 1 is 0.451 bits per heavy atom.